The van der Waals surface area contributed by atoms with Gasteiger partial charge in [0, 0.05) is 41.1 Å². The van der Waals surface area contributed by atoms with Gasteiger partial charge in [-0.25, -0.2) is 8.78 Å². The normalized spacial score (nSPS) is 12.1. The number of hydrogen-bond donors (Lipinski definition) is 0. The van der Waals surface area contributed by atoms with E-state index >= 15 is 0 Å². The van der Waals surface area contributed by atoms with E-state index in [-0.39, 0.29) is 11.1 Å². The number of nitriles is 2. The molecule has 0 spiro atoms. The van der Waals surface area contributed by atoms with E-state index in [0.717, 1.165) is 9.75 Å². The van der Waals surface area contributed by atoms with Crippen molar-refractivity contribution in [3.63, 3.8) is 0 Å². The van der Waals surface area contributed by atoms with Crippen LogP contribution in [-0.2, 0) is 0 Å². The van der Waals surface area contributed by atoms with Crippen LogP contribution >= 0.6 is 22.7 Å². The highest BCUT2D eigenvalue weighted by Crippen LogP contribution is 2.43. The van der Waals surface area contributed by atoms with Gasteiger partial charge in [0.05, 0.1) is 11.1 Å². The maximum atomic E-state index is 14.6. The summed E-state index contributed by atoms with van der Waals surface area (Å²) < 4.78 is 30.6. The monoisotopic (exact) mass is 406 g/mol. The van der Waals surface area contributed by atoms with Gasteiger partial charge < -0.3 is 0 Å². The standard InChI is InChI=1S/C22H12F2N2S2/c1-11-19(21-15(23)5-3-7-17(21)27-11)13(9-25)14(10-26)20-12(2)28-18-8-4-6-16(24)22(18)20/h3-8H,1-2H3/b14-13-. The molecule has 0 unspecified atom stereocenters. The number of halogens is 2. The molecule has 0 amide bonds. The predicted octanol–water partition coefficient (Wildman–Crippen LogP) is 6.97. The minimum absolute atomic E-state index is 0.0717. The zero-order valence-corrected chi connectivity index (χ0v) is 16.6. The predicted molar refractivity (Wildman–Crippen MR) is 111 cm³/mol. The van der Waals surface area contributed by atoms with Crippen LogP contribution in [0.15, 0.2) is 36.4 Å². The molecule has 0 aliphatic rings. The van der Waals surface area contributed by atoms with Gasteiger partial charge in [-0.15, -0.1) is 22.7 Å². The Labute approximate surface area is 168 Å². The van der Waals surface area contributed by atoms with Crippen molar-refractivity contribution in [2.24, 2.45) is 0 Å². The van der Waals surface area contributed by atoms with Crippen LogP contribution in [-0.4, -0.2) is 0 Å². The number of allylic oxidation sites excluding steroid dienone is 2. The fraction of sp³-hybridized carbons (Fsp3) is 0.0909. The average Bonchev–Trinajstić information content (AvgIpc) is 3.17. The number of nitrogens with zero attached hydrogens (tertiary/aromatic N) is 2. The van der Waals surface area contributed by atoms with Crippen molar-refractivity contribution in [3.05, 3.63) is 68.9 Å². The van der Waals surface area contributed by atoms with E-state index in [1.54, 1.807) is 38.1 Å². The van der Waals surface area contributed by atoms with Crippen LogP contribution in [0.5, 0.6) is 0 Å². The van der Waals surface area contributed by atoms with Gasteiger partial charge in [-0.05, 0) is 38.1 Å². The lowest BCUT2D eigenvalue weighted by Gasteiger charge is -2.07. The fourth-order valence-electron chi connectivity index (χ4n) is 3.52. The first kappa shape index (κ1) is 18.3. The lowest BCUT2D eigenvalue weighted by Crippen LogP contribution is -1.93. The zero-order valence-electron chi connectivity index (χ0n) is 14.9. The summed E-state index contributed by atoms with van der Waals surface area (Å²) in [6.45, 7) is 3.59. The molecule has 6 heteroatoms. The Hall–Kier alpha value is -3.06. The molecule has 2 nitrogen and oxygen atoms in total. The summed E-state index contributed by atoms with van der Waals surface area (Å²) in [5.74, 6) is -0.889. The molecule has 2 aromatic carbocycles. The summed E-state index contributed by atoms with van der Waals surface area (Å²) in [5, 5.41) is 20.5. The Morgan fingerprint density at radius 2 is 1.14 bits per heavy atom. The van der Waals surface area contributed by atoms with E-state index in [2.05, 4.69) is 12.1 Å². The minimum atomic E-state index is -0.444. The van der Waals surface area contributed by atoms with E-state index < -0.39 is 11.6 Å². The third kappa shape index (κ3) is 2.62. The molecule has 0 aliphatic heterocycles. The van der Waals surface area contributed by atoms with Gasteiger partial charge >= 0.3 is 0 Å². The van der Waals surface area contributed by atoms with Crippen LogP contribution in [0, 0.1) is 48.1 Å². The van der Waals surface area contributed by atoms with Crippen molar-refractivity contribution in [2.45, 2.75) is 13.8 Å². The van der Waals surface area contributed by atoms with E-state index in [4.69, 9.17) is 0 Å². The second-order valence-corrected chi connectivity index (χ2v) is 8.78. The Morgan fingerprint density at radius 1 is 0.750 bits per heavy atom. The molecule has 4 aromatic rings. The van der Waals surface area contributed by atoms with Gasteiger partial charge in [-0.3, -0.25) is 0 Å². The van der Waals surface area contributed by atoms with Crippen molar-refractivity contribution in [1.29, 1.82) is 10.5 Å². The summed E-state index contributed by atoms with van der Waals surface area (Å²) in [6.07, 6.45) is 0. The molecule has 4 rings (SSSR count). The van der Waals surface area contributed by atoms with Crippen LogP contribution in [0.3, 0.4) is 0 Å². The maximum absolute atomic E-state index is 14.6. The molecule has 0 saturated heterocycles. The Kier molecular flexibility index (Phi) is 4.47. The van der Waals surface area contributed by atoms with Crippen molar-refractivity contribution in [2.75, 3.05) is 0 Å². The minimum Gasteiger partial charge on any atom is -0.206 e. The Balaban J connectivity index is 2.16. The van der Waals surface area contributed by atoms with Gasteiger partial charge in [0.25, 0.3) is 0 Å². The number of fused-ring (bicyclic) bond motifs is 2. The third-order valence-corrected chi connectivity index (χ3v) is 6.80. The number of benzene rings is 2. The molecule has 2 aromatic heterocycles. The first-order chi connectivity index (χ1) is 13.5. The number of rotatable bonds is 2. The smallest absolute Gasteiger partial charge is 0.132 e. The molecule has 2 heterocycles. The lowest BCUT2D eigenvalue weighted by atomic mass is 9.92. The quantitative estimate of drug-likeness (QED) is 0.338. The molecule has 0 N–H and O–H groups in total. The van der Waals surface area contributed by atoms with Gasteiger partial charge in [0.1, 0.15) is 23.8 Å². The molecular weight excluding hydrogens is 394 g/mol. The molecule has 28 heavy (non-hydrogen) atoms. The lowest BCUT2D eigenvalue weighted by molar-refractivity contribution is 0.639. The average molecular weight is 406 g/mol. The Morgan fingerprint density at radius 3 is 1.50 bits per heavy atom. The summed E-state index contributed by atoms with van der Waals surface area (Å²) >= 11 is 2.73. The van der Waals surface area contributed by atoms with Crippen molar-refractivity contribution < 1.29 is 8.78 Å². The topological polar surface area (TPSA) is 47.6 Å². The van der Waals surface area contributed by atoms with Crippen LogP contribution < -0.4 is 0 Å². The number of thiophene rings is 2. The van der Waals surface area contributed by atoms with Crippen molar-refractivity contribution >= 4 is 54.0 Å². The van der Waals surface area contributed by atoms with Gasteiger partial charge in [0.2, 0.25) is 0 Å². The van der Waals surface area contributed by atoms with E-state index in [9.17, 15) is 19.3 Å². The van der Waals surface area contributed by atoms with Gasteiger partial charge in [-0.1, -0.05) is 12.1 Å². The van der Waals surface area contributed by atoms with Crippen LogP contribution in [0.2, 0.25) is 0 Å². The largest absolute Gasteiger partial charge is 0.206 e. The first-order valence-electron chi connectivity index (χ1n) is 8.38. The van der Waals surface area contributed by atoms with Crippen molar-refractivity contribution in [3.8, 4) is 12.1 Å². The molecule has 0 bridgehead atoms. The number of aryl methyl sites for hydroxylation is 2. The van der Waals surface area contributed by atoms with E-state index in [1.165, 1.54) is 34.8 Å². The second-order valence-electron chi connectivity index (χ2n) is 6.27. The van der Waals surface area contributed by atoms with E-state index in [0.29, 0.717) is 31.3 Å². The van der Waals surface area contributed by atoms with E-state index in [1.807, 2.05) is 0 Å². The maximum Gasteiger partial charge on any atom is 0.132 e. The van der Waals surface area contributed by atoms with Crippen LogP contribution in [0.4, 0.5) is 8.78 Å². The zero-order chi connectivity index (χ0) is 20.0. The highest BCUT2D eigenvalue weighted by atomic mass is 32.1. The first-order valence-corrected chi connectivity index (χ1v) is 10.0. The summed E-state index contributed by atoms with van der Waals surface area (Å²) in [6, 6.07) is 13.7. The second kappa shape index (κ2) is 6.83. The van der Waals surface area contributed by atoms with Crippen molar-refractivity contribution in [1.82, 2.24) is 0 Å². The van der Waals surface area contributed by atoms with Crippen LogP contribution in [0.1, 0.15) is 20.9 Å². The highest BCUT2D eigenvalue weighted by molar-refractivity contribution is 7.19. The van der Waals surface area contributed by atoms with Gasteiger partial charge in [0.15, 0.2) is 0 Å². The summed E-state index contributed by atoms with van der Waals surface area (Å²) in [5.41, 5.74) is 0.962. The molecular formula is C22H12F2N2S2. The molecule has 0 atom stereocenters. The Bertz CT molecular complexity index is 1270. The molecule has 0 saturated carbocycles. The van der Waals surface area contributed by atoms with Gasteiger partial charge in [-0.2, -0.15) is 10.5 Å². The summed E-state index contributed by atoms with van der Waals surface area (Å²) in [7, 11) is 0. The highest BCUT2D eigenvalue weighted by Gasteiger charge is 2.24. The third-order valence-electron chi connectivity index (χ3n) is 4.65. The number of hydrogen-bond acceptors (Lipinski definition) is 4. The molecule has 0 fully saturated rings. The van der Waals surface area contributed by atoms with Crippen LogP contribution in [0.25, 0.3) is 31.3 Å². The SMILES string of the molecule is Cc1sc2cccc(F)c2c1/C(C#N)=C(/C#N)c1c(C)sc2cccc(F)c12. The summed E-state index contributed by atoms with van der Waals surface area (Å²) in [4.78, 5) is 1.48. The molecule has 0 aliphatic carbocycles. The molecule has 0 radical (unpaired) electrons. The molecule has 136 valence electrons. The fourth-order valence-corrected chi connectivity index (χ4v) is 5.69.